The number of hydrogen-bond donors (Lipinski definition) is 2. The first-order valence-electron chi connectivity index (χ1n) is 4.28. The van der Waals surface area contributed by atoms with Crippen molar-refractivity contribution in [2.45, 2.75) is 38.0 Å². The van der Waals surface area contributed by atoms with Gasteiger partial charge in [0.2, 0.25) is 0 Å². The van der Waals surface area contributed by atoms with E-state index in [-0.39, 0.29) is 23.7 Å². The van der Waals surface area contributed by atoms with Gasteiger partial charge in [-0.2, -0.15) is 0 Å². The van der Waals surface area contributed by atoms with E-state index in [1.54, 1.807) is 0 Å². The van der Waals surface area contributed by atoms with Gasteiger partial charge in [0, 0.05) is 0 Å². The van der Waals surface area contributed by atoms with Gasteiger partial charge < -0.3 is 15.4 Å². The second-order valence-electron chi connectivity index (χ2n) is 4.11. The molecule has 2 N–H and O–H groups in total. The van der Waals surface area contributed by atoms with Gasteiger partial charge in [-0.05, 0) is 20.3 Å². The number of rotatable bonds is 0. The number of carbonyl (C=O) groups excluding carboxylic acids is 1. The van der Waals surface area contributed by atoms with E-state index >= 15 is 0 Å². The van der Waals surface area contributed by atoms with Crippen LogP contribution in [0.4, 0.5) is 4.79 Å². The summed E-state index contributed by atoms with van der Waals surface area (Å²) in [4.78, 5) is 10.9. The molecule has 2 atom stereocenters. The molecule has 0 aromatic heterocycles. The fourth-order valence-electron chi connectivity index (χ4n) is 1.83. The number of ether oxygens (including phenoxy) is 1. The smallest absolute Gasteiger partial charge is 0.315 e. The molecule has 4 heteroatoms. The van der Waals surface area contributed by atoms with E-state index in [2.05, 4.69) is 10.6 Å². The van der Waals surface area contributed by atoms with E-state index in [4.69, 9.17) is 4.74 Å². The van der Waals surface area contributed by atoms with Crippen LogP contribution in [0, 0.1) is 0 Å². The van der Waals surface area contributed by atoms with Crippen molar-refractivity contribution < 1.29 is 9.53 Å². The summed E-state index contributed by atoms with van der Waals surface area (Å²) in [5.74, 6) is 0. The lowest BCUT2D eigenvalue weighted by Crippen LogP contribution is -2.49. The van der Waals surface area contributed by atoms with E-state index in [1.807, 2.05) is 13.8 Å². The van der Waals surface area contributed by atoms with Crippen LogP contribution in [0.15, 0.2) is 0 Å². The topological polar surface area (TPSA) is 50.4 Å². The van der Waals surface area contributed by atoms with Gasteiger partial charge in [-0.15, -0.1) is 0 Å². The van der Waals surface area contributed by atoms with Crippen molar-refractivity contribution in [1.29, 1.82) is 0 Å². The Morgan fingerprint density at radius 1 is 1.42 bits per heavy atom. The molecule has 0 saturated carbocycles. The minimum Gasteiger partial charge on any atom is -0.373 e. The molecule has 0 bridgehead atoms. The molecule has 0 aromatic rings. The van der Waals surface area contributed by atoms with Crippen LogP contribution in [0.1, 0.15) is 20.3 Å². The molecule has 2 aliphatic heterocycles. The van der Waals surface area contributed by atoms with Gasteiger partial charge in [-0.3, -0.25) is 0 Å². The van der Waals surface area contributed by atoms with Crippen LogP contribution in [0.5, 0.6) is 0 Å². The molecule has 2 saturated heterocycles. The Hall–Kier alpha value is -0.770. The maximum atomic E-state index is 10.9. The molecule has 0 aliphatic carbocycles. The zero-order chi connectivity index (χ0) is 8.77. The zero-order valence-corrected chi connectivity index (χ0v) is 7.39. The number of nitrogens with one attached hydrogen (secondary N) is 2. The van der Waals surface area contributed by atoms with Gasteiger partial charge in [0.25, 0.3) is 0 Å². The highest BCUT2D eigenvalue weighted by atomic mass is 16.5. The van der Waals surface area contributed by atoms with E-state index in [9.17, 15) is 4.79 Å². The molecule has 12 heavy (non-hydrogen) atoms. The van der Waals surface area contributed by atoms with E-state index < -0.39 is 0 Å². The third kappa shape index (κ3) is 1.27. The minimum atomic E-state index is -0.0968. The first-order chi connectivity index (χ1) is 5.57. The maximum Gasteiger partial charge on any atom is 0.315 e. The van der Waals surface area contributed by atoms with Crippen LogP contribution in [0.2, 0.25) is 0 Å². The van der Waals surface area contributed by atoms with Crippen LogP contribution < -0.4 is 10.6 Å². The number of carbonyl (C=O) groups is 1. The van der Waals surface area contributed by atoms with Gasteiger partial charge in [0.15, 0.2) is 0 Å². The normalized spacial score (nSPS) is 38.3. The standard InChI is InChI=1S/C8H14N2O2/c1-8(2)3-5-6(4-12-8)10-7(11)9-5/h5-6H,3-4H2,1-2H3,(H2,9,10,11). The number of amides is 2. The third-order valence-corrected chi connectivity index (χ3v) is 2.48. The Balaban J connectivity index is 2.06. The molecule has 2 aliphatic rings. The largest absolute Gasteiger partial charge is 0.373 e. The van der Waals surface area contributed by atoms with Crippen molar-refractivity contribution in [2.24, 2.45) is 0 Å². The fourth-order valence-corrected chi connectivity index (χ4v) is 1.83. The summed E-state index contributed by atoms with van der Waals surface area (Å²) >= 11 is 0. The van der Waals surface area contributed by atoms with Gasteiger partial charge in [-0.1, -0.05) is 0 Å². The summed E-state index contributed by atoms with van der Waals surface area (Å²) < 4.78 is 5.57. The Bertz CT molecular complexity index is 215. The lowest BCUT2D eigenvalue weighted by atomic mass is 9.92. The lowest BCUT2D eigenvalue weighted by molar-refractivity contribution is -0.0681. The van der Waals surface area contributed by atoms with Crippen LogP contribution >= 0.6 is 0 Å². The molecule has 2 fully saturated rings. The molecule has 4 nitrogen and oxygen atoms in total. The van der Waals surface area contributed by atoms with Crippen LogP contribution in [-0.2, 0) is 4.74 Å². The molecule has 0 aromatic carbocycles. The molecule has 2 rings (SSSR count). The van der Waals surface area contributed by atoms with Gasteiger partial charge in [-0.25, -0.2) is 4.79 Å². The summed E-state index contributed by atoms with van der Waals surface area (Å²) in [5, 5.41) is 5.70. The highest BCUT2D eigenvalue weighted by molar-refractivity contribution is 5.77. The second-order valence-corrected chi connectivity index (χ2v) is 4.11. The summed E-state index contributed by atoms with van der Waals surface area (Å²) in [5.41, 5.74) is -0.0968. The van der Waals surface area contributed by atoms with Crippen molar-refractivity contribution in [3.05, 3.63) is 0 Å². The van der Waals surface area contributed by atoms with Crippen molar-refractivity contribution in [3.63, 3.8) is 0 Å². The van der Waals surface area contributed by atoms with Gasteiger partial charge >= 0.3 is 6.03 Å². The molecule has 0 radical (unpaired) electrons. The van der Waals surface area contributed by atoms with Crippen molar-refractivity contribution in [2.75, 3.05) is 6.61 Å². The van der Waals surface area contributed by atoms with Crippen LogP contribution in [-0.4, -0.2) is 30.3 Å². The van der Waals surface area contributed by atoms with Crippen molar-refractivity contribution in [3.8, 4) is 0 Å². The SMILES string of the molecule is CC1(C)CC2NC(=O)NC2CO1. The molecule has 2 amide bonds. The highest BCUT2D eigenvalue weighted by Crippen LogP contribution is 2.25. The molecular weight excluding hydrogens is 156 g/mol. The summed E-state index contributed by atoms with van der Waals surface area (Å²) in [6.45, 7) is 4.72. The maximum absolute atomic E-state index is 10.9. The van der Waals surface area contributed by atoms with Crippen molar-refractivity contribution in [1.82, 2.24) is 10.6 Å². The van der Waals surface area contributed by atoms with E-state index in [1.165, 1.54) is 0 Å². The third-order valence-electron chi connectivity index (χ3n) is 2.48. The summed E-state index contributed by atoms with van der Waals surface area (Å²) in [7, 11) is 0. The average Bonchev–Trinajstić information content (AvgIpc) is 2.26. The highest BCUT2D eigenvalue weighted by Gasteiger charge is 2.40. The molecule has 68 valence electrons. The minimum absolute atomic E-state index is 0.0636. The predicted molar refractivity (Wildman–Crippen MR) is 43.9 cm³/mol. The van der Waals surface area contributed by atoms with E-state index in [0.29, 0.717) is 6.61 Å². The summed E-state index contributed by atoms with van der Waals surface area (Å²) in [6, 6.07) is 0.359. The molecular formula is C8H14N2O2. The quantitative estimate of drug-likeness (QED) is 0.547. The zero-order valence-electron chi connectivity index (χ0n) is 7.39. The Labute approximate surface area is 71.7 Å². The van der Waals surface area contributed by atoms with Crippen LogP contribution in [0.25, 0.3) is 0 Å². The predicted octanol–water partition coefficient (Wildman–Crippen LogP) is 0.235. The first kappa shape index (κ1) is 7.86. The second kappa shape index (κ2) is 2.36. The Kier molecular flexibility index (Phi) is 1.54. The van der Waals surface area contributed by atoms with Crippen LogP contribution in [0.3, 0.4) is 0 Å². The number of urea groups is 1. The Morgan fingerprint density at radius 3 is 2.83 bits per heavy atom. The Morgan fingerprint density at radius 2 is 2.08 bits per heavy atom. The van der Waals surface area contributed by atoms with Gasteiger partial charge in [0.1, 0.15) is 0 Å². The summed E-state index contributed by atoms with van der Waals surface area (Å²) in [6.07, 6.45) is 0.885. The number of hydrogen-bond acceptors (Lipinski definition) is 2. The van der Waals surface area contributed by atoms with Crippen molar-refractivity contribution >= 4 is 6.03 Å². The molecule has 2 unspecified atom stereocenters. The monoisotopic (exact) mass is 170 g/mol. The number of fused-ring (bicyclic) bond motifs is 1. The first-order valence-corrected chi connectivity index (χ1v) is 4.28. The average molecular weight is 170 g/mol. The van der Waals surface area contributed by atoms with E-state index in [0.717, 1.165) is 6.42 Å². The molecule has 0 spiro atoms. The van der Waals surface area contributed by atoms with Gasteiger partial charge in [0.05, 0.1) is 24.3 Å². The molecule has 2 heterocycles. The lowest BCUT2D eigenvalue weighted by Gasteiger charge is -2.36. The fraction of sp³-hybridized carbons (Fsp3) is 0.875.